The largest absolute Gasteiger partial charge is 0.397 e. The Morgan fingerprint density at radius 3 is 2.81 bits per heavy atom. The molecular formula is C12H20N2OS. The smallest absolute Gasteiger partial charge is 0.174 e. The lowest BCUT2D eigenvalue weighted by Crippen LogP contribution is -2.03. The molecule has 3 N–H and O–H groups in total. The Balaban J connectivity index is 2.59. The van der Waals surface area contributed by atoms with E-state index in [1.165, 1.54) is 11.3 Å². The molecule has 0 saturated carbocycles. The van der Waals surface area contributed by atoms with Gasteiger partial charge in [0.25, 0.3) is 0 Å². The fourth-order valence-electron chi connectivity index (χ4n) is 1.35. The summed E-state index contributed by atoms with van der Waals surface area (Å²) in [6.45, 7) is 7.16. The molecule has 1 rings (SSSR count). The van der Waals surface area contributed by atoms with E-state index in [1.807, 2.05) is 13.0 Å². The van der Waals surface area contributed by atoms with Crippen LogP contribution in [0, 0.1) is 5.92 Å². The zero-order valence-electron chi connectivity index (χ0n) is 10.2. The molecule has 0 fully saturated rings. The molecular weight excluding hydrogens is 220 g/mol. The Morgan fingerprint density at radius 1 is 1.56 bits per heavy atom. The Bertz CT molecular complexity index is 358. The summed E-state index contributed by atoms with van der Waals surface area (Å²) in [6, 6.07) is 1.86. The van der Waals surface area contributed by atoms with Crippen LogP contribution in [0.4, 0.5) is 10.7 Å². The Morgan fingerprint density at radius 2 is 2.25 bits per heavy atom. The number of thiophene rings is 1. The van der Waals surface area contributed by atoms with Gasteiger partial charge in [-0.05, 0) is 18.4 Å². The van der Waals surface area contributed by atoms with E-state index in [9.17, 15) is 4.79 Å². The fourth-order valence-corrected chi connectivity index (χ4v) is 2.37. The molecule has 3 nitrogen and oxygen atoms in total. The van der Waals surface area contributed by atoms with Gasteiger partial charge in [0.15, 0.2) is 5.78 Å². The number of anilines is 2. The van der Waals surface area contributed by atoms with Crippen molar-refractivity contribution in [3.8, 4) is 0 Å². The Kier molecular flexibility index (Phi) is 4.80. The average Bonchev–Trinajstić information content (AvgIpc) is 2.58. The molecule has 0 aliphatic heterocycles. The highest BCUT2D eigenvalue weighted by Gasteiger charge is 2.12. The van der Waals surface area contributed by atoms with Crippen molar-refractivity contribution in [2.45, 2.75) is 33.6 Å². The molecule has 0 unspecified atom stereocenters. The number of nitrogen functional groups attached to an aromatic ring is 1. The first kappa shape index (κ1) is 13.0. The van der Waals surface area contributed by atoms with Gasteiger partial charge in [-0.25, -0.2) is 0 Å². The molecule has 0 saturated heterocycles. The van der Waals surface area contributed by atoms with Crippen LogP contribution >= 0.6 is 11.3 Å². The van der Waals surface area contributed by atoms with Crippen LogP contribution in [0.2, 0.25) is 0 Å². The predicted octanol–water partition coefficient (Wildman–Crippen LogP) is 3.38. The van der Waals surface area contributed by atoms with E-state index in [0.717, 1.165) is 18.0 Å². The Labute approximate surface area is 101 Å². The van der Waals surface area contributed by atoms with Crippen molar-refractivity contribution in [3.63, 3.8) is 0 Å². The van der Waals surface area contributed by atoms with E-state index >= 15 is 0 Å². The van der Waals surface area contributed by atoms with Crippen molar-refractivity contribution in [2.24, 2.45) is 5.92 Å². The van der Waals surface area contributed by atoms with Crippen LogP contribution in [0.3, 0.4) is 0 Å². The van der Waals surface area contributed by atoms with Crippen LogP contribution in [0.15, 0.2) is 6.07 Å². The Hall–Kier alpha value is -1.03. The fraction of sp³-hybridized carbons (Fsp3) is 0.583. The molecule has 1 aromatic rings. The van der Waals surface area contributed by atoms with Gasteiger partial charge in [-0.1, -0.05) is 20.8 Å². The number of ketones is 1. The molecule has 0 aromatic carbocycles. The maximum Gasteiger partial charge on any atom is 0.174 e. The summed E-state index contributed by atoms with van der Waals surface area (Å²) in [7, 11) is 0. The summed E-state index contributed by atoms with van der Waals surface area (Å²) in [5.74, 6) is 0.806. The van der Waals surface area contributed by atoms with Gasteiger partial charge >= 0.3 is 0 Å². The van der Waals surface area contributed by atoms with Gasteiger partial charge in [0.2, 0.25) is 0 Å². The van der Waals surface area contributed by atoms with Crippen LogP contribution in [-0.4, -0.2) is 12.3 Å². The molecule has 0 radical (unpaired) electrons. The van der Waals surface area contributed by atoms with Crippen LogP contribution < -0.4 is 11.1 Å². The number of Topliss-reactive ketones (excluding diaryl/α,β-unsaturated/α-hetero) is 1. The van der Waals surface area contributed by atoms with E-state index in [-0.39, 0.29) is 5.78 Å². The number of nitrogens with one attached hydrogen (secondary N) is 1. The molecule has 16 heavy (non-hydrogen) atoms. The monoisotopic (exact) mass is 240 g/mol. The summed E-state index contributed by atoms with van der Waals surface area (Å²) in [5.41, 5.74) is 6.40. The van der Waals surface area contributed by atoms with Crippen LogP contribution in [-0.2, 0) is 0 Å². The van der Waals surface area contributed by atoms with E-state index < -0.39 is 0 Å². The first-order chi connectivity index (χ1) is 7.54. The average molecular weight is 240 g/mol. The summed E-state index contributed by atoms with van der Waals surface area (Å²) < 4.78 is 0. The lowest BCUT2D eigenvalue weighted by molar-refractivity contribution is 0.0993. The third-order valence-corrected chi connectivity index (χ3v) is 3.51. The zero-order valence-corrected chi connectivity index (χ0v) is 11.0. The number of carbonyl (C=O) groups excluding carboxylic acids is 1. The molecule has 0 amide bonds. The summed E-state index contributed by atoms with van der Waals surface area (Å²) in [5, 5.41) is 4.30. The molecule has 0 atom stereocenters. The van der Waals surface area contributed by atoms with Gasteiger partial charge in [0.1, 0.15) is 0 Å². The minimum atomic E-state index is 0.124. The number of carbonyl (C=O) groups is 1. The highest BCUT2D eigenvalue weighted by molar-refractivity contribution is 7.18. The van der Waals surface area contributed by atoms with Gasteiger partial charge in [-0.15, -0.1) is 11.3 Å². The van der Waals surface area contributed by atoms with Crippen molar-refractivity contribution >= 4 is 27.8 Å². The summed E-state index contributed by atoms with van der Waals surface area (Å²) >= 11 is 1.46. The van der Waals surface area contributed by atoms with Crippen molar-refractivity contribution < 1.29 is 4.79 Å². The van der Waals surface area contributed by atoms with Crippen molar-refractivity contribution in [3.05, 3.63) is 10.9 Å². The van der Waals surface area contributed by atoms with E-state index in [4.69, 9.17) is 5.73 Å². The minimum Gasteiger partial charge on any atom is -0.397 e. The topological polar surface area (TPSA) is 55.1 Å². The maximum absolute atomic E-state index is 11.5. The number of hydrogen-bond acceptors (Lipinski definition) is 4. The first-order valence-corrected chi connectivity index (χ1v) is 6.52. The van der Waals surface area contributed by atoms with E-state index in [0.29, 0.717) is 22.9 Å². The maximum atomic E-state index is 11.5. The molecule has 90 valence electrons. The van der Waals surface area contributed by atoms with Crippen molar-refractivity contribution in [2.75, 3.05) is 17.6 Å². The third kappa shape index (κ3) is 3.52. The number of rotatable bonds is 6. The minimum absolute atomic E-state index is 0.124. The third-order valence-electron chi connectivity index (χ3n) is 2.36. The summed E-state index contributed by atoms with van der Waals surface area (Å²) in [4.78, 5) is 12.2. The molecule has 4 heteroatoms. The second kappa shape index (κ2) is 5.89. The van der Waals surface area contributed by atoms with Gasteiger partial charge in [0.05, 0.1) is 15.6 Å². The van der Waals surface area contributed by atoms with Gasteiger partial charge in [0, 0.05) is 13.0 Å². The highest BCUT2D eigenvalue weighted by Crippen LogP contribution is 2.30. The molecule has 0 aliphatic rings. The van der Waals surface area contributed by atoms with Crippen molar-refractivity contribution in [1.82, 2.24) is 0 Å². The molecule has 1 aromatic heterocycles. The second-order valence-electron chi connectivity index (χ2n) is 4.28. The van der Waals surface area contributed by atoms with Gasteiger partial charge in [-0.3, -0.25) is 4.79 Å². The van der Waals surface area contributed by atoms with Crippen LogP contribution in [0.25, 0.3) is 0 Å². The zero-order chi connectivity index (χ0) is 12.1. The van der Waals surface area contributed by atoms with E-state index in [1.54, 1.807) is 0 Å². The predicted molar refractivity (Wildman–Crippen MR) is 71.3 cm³/mol. The van der Waals surface area contributed by atoms with Gasteiger partial charge < -0.3 is 11.1 Å². The van der Waals surface area contributed by atoms with Crippen LogP contribution in [0.5, 0.6) is 0 Å². The SMILES string of the molecule is CCC(=O)c1sc(NCCC(C)C)cc1N. The second-order valence-corrected chi connectivity index (χ2v) is 5.33. The molecule has 1 heterocycles. The highest BCUT2D eigenvalue weighted by atomic mass is 32.1. The standard InChI is InChI=1S/C12H20N2OS/c1-4-10(15)12-9(13)7-11(16-12)14-6-5-8(2)3/h7-8,14H,4-6,13H2,1-3H3. The quantitative estimate of drug-likeness (QED) is 0.749. The van der Waals surface area contributed by atoms with Crippen molar-refractivity contribution in [1.29, 1.82) is 0 Å². The molecule has 0 aliphatic carbocycles. The first-order valence-electron chi connectivity index (χ1n) is 5.71. The lowest BCUT2D eigenvalue weighted by atomic mass is 10.1. The van der Waals surface area contributed by atoms with Gasteiger partial charge in [-0.2, -0.15) is 0 Å². The number of nitrogens with two attached hydrogens (primary N) is 1. The molecule has 0 spiro atoms. The number of hydrogen-bond donors (Lipinski definition) is 2. The normalized spacial score (nSPS) is 10.8. The van der Waals surface area contributed by atoms with Crippen LogP contribution in [0.1, 0.15) is 43.3 Å². The van der Waals surface area contributed by atoms with E-state index in [2.05, 4.69) is 19.2 Å². The summed E-state index contributed by atoms with van der Waals surface area (Å²) in [6.07, 6.45) is 1.63. The molecule has 0 bridgehead atoms. The lowest BCUT2D eigenvalue weighted by Gasteiger charge is -2.05.